The van der Waals surface area contributed by atoms with Crippen LogP contribution in [0.2, 0.25) is 0 Å². The highest BCUT2D eigenvalue weighted by molar-refractivity contribution is 5.48. The van der Waals surface area contributed by atoms with E-state index < -0.39 is 0 Å². The van der Waals surface area contributed by atoms with Gasteiger partial charge in [0.15, 0.2) is 0 Å². The van der Waals surface area contributed by atoms with Crippen LogP contribution in [0.4, 0.5) is 5.69 Å². The summed E-state index contributed by atoms with van der Waals surface area (Å²) in [6.45, 7) is 4.21. The van der Waals surface area contributed by atoms with Crippen LogP contribution >= 0.6 is 0 Å². The molecule has 2 aromatic rings. The van der Waals surface area contributed by atoms with Gasteiger partial charge in [0.25, 0.3) is 0 Å². The molecule has 106 valence electrons. The van der Waals surface area contributed by atoms with Crippen LogP contribution in [0, 0.1) is 0 Å². The van der Waals surface area contributed by atoms with Crippen LogP contribution in [-0.2, 0) is 13.0 Å². The first-order chi connectivity index (χ1) is 9.92. The predicted octanol–water partition coefficient (Wildman–Crippen LogP) is 1.74. The SMILES string of the molecule is c1n[nH]c(CCNCc2ccc(N3CCCC3)cc2)n1. The van der Waals surface area contributed by atoms with E-state index in [2.05, 4.69) is 49.7 Å². The summed E-state index contributed by atoms with van der Waals surface area (Å²) in [6.07, 6.45) is 5.08. The van der Waals surface area contributed by atoms with Crippen LogP contribution in [-0.4, -0.2) is 34.8 Å². The van der Waals surface area contributed by atoms with Gasteiger partial charge in [-0.2, -0.15) is 5.10 Å². The summed E-state index contributed by atoms with van der Waals surface area (Å²) >= 11 is 0. The Kier molecular flexibility index (Phi) is 4.28. The molecule has 0 amide bonds. The summed E-state index contributed by atoms with van der Waals surface area (Å²) in [4.78, 5) is 6.56. The Hall–Kier alpha value is -1.88. The maximum Gasteiger partial charge on any atom is 0.137 e. The van der Waals surface area contributed by atoms with E-state index in [-0.39, 0.29) is 0 Å². The number of hydrogen-bond acceptors (Lipinski definition) is 4. The third-order valence-electron chi connectivity index (χ3n) is 3.74. The van der Waals surface area contributed by atoms with E-state index in [4.69, 9.17) is 0 Å². The molecule has 1 aromatic carbocycles. The van der Waals surface area contributed by atoms with Crippen LogP contribution < -0.4 is 10.2 Å². The van der Waals surface area contributed by atoms with Gasteiger partial charge in [-0.25, -0.2) is 4.98 Å². The molecular formula is C15H21N5. The van der Waals surface area contributed by atoms with E-state index in [9.17, 15) is 0 Å². The Balaban J connectivity index is 1.43. The molecule has 3 rings (SSSR count). The second-order valence-electron chi connectivity index (χ2n) is 5.22. The predicted molar refractivity (Wildman–Crippen MR) is 79.7 cm³/mol. The molecule has 1 aliphatic heterocycles. The number of aromatic nitrogens is 3. The molecule has 0 aliphatic carbocycles. The minimum Gasteiger partial charge on any atom is -0.372 e. The number of anilines is 1. The first kappa shape index (κ1) is 13.1. The van der Waals surface area contributed by atoms with Gasteiger partial charge in [0.1, 0.15) is 12.2 Å². The normalized spacial score (nSPS) is 14.9. The van der Waals surface area contributed by atoms with Gasteiger partial charge in [0, 0.05) is 38.3 Å². The van der Waals surface area contributed by atoms with Crippen molar-refractivity contribution in [3.8, 4) is 0 Å². The zero-order valence-corrected chi connectivity index (χ0v) is 11.7. The minimum absolute atomic E-state index is 0.881. The molecule has 1 fully saturated rings. The minimum atomic E-state index is 0.881. The summed E-state index contributed by atoms with van der Waals surface area (Å²) in [5, 5.41) is 10.1. The average Bonchev–Trinajstić information content (AvgIpc) is 3.17. The van der Waals surface area contributed by atoms with Gasteiger partial charge in [0.2, 0.25) is 0 Å². The second kappa shape index (κ2) is 6.52. The van der Waals surface area contributed by atoms with Crippen molar-refractivity contribution >= 4 is 5.69 Å². The first-order valence-electron chi connectivity index (χ1n) is 7.31. The molecule has 1 saturated heterocycles. The highest BCUT2D eigenvalue weighted by Gasteiger charge is 2.11. The fourth-order valence-corrected chi connectivity index (χ4v) is 2.59. The van der Waals surface area contributed by atoms with E-state index in [1.165, 1.54) is 37.2 Å². The van der Waals surface area contributed by atoms with E-state index >= 15 is 0 Å². The molecule has 5 heteroatoms. The second-order valence-corrected chi connectivity index (χ2v) is 5.22. The quantitative estimate of drug-likeness (QED) is 0.786. The Labute approximate surface area is 119 Å². The van der Waals surface area contributed by atoms with Gasteiger partial charge in [0.05, 0.1) is 0 Å². The summed E-state index contributed by atoms with van der Waals surface area (Å²) in [6, 6.07) is 8.90. The highest BCUT2D eigenvalue weighted by atomic mass is 15.2. The lowest BCUT2D eigenvalue weighted by molar-refractivity contribution is 0.671. The van der Waals surface area contributed by atoms with Crippen molar-refractivity contribution in [2.45, 2.75) is 25.8 Å². The van der Waals surface area contributed by atoms with Crippen LogP contribution in [0.5, 0.6) is 0 Å². The molecule has 20 heavy (non-hydrogen) atoms. The van der Waals surface area contributed by atoms with E-state index in [0.29, 0.717) is 0 Å². The van der Waals surface area contributed by atoms with E-state index in [1.54, 1.807) is 6.33 Å². The topological polar surface area (TPSA) is 56.8 Å². The molecule has 1 aromatic heterocycles. The smallest absolute Gasteiger partial charge is 0.137 e. The fourth-order valence-electron chi connectivity index (χ4n) is 2.59. The fraction of sp³-hybridized carbons (Fsp3) is 0.467. The first-order valence-corrected chi connectivity index (χ1v) is 7.31. The summed E-state index contributed by atoms with van der Waals surface area (Å²) in [7, 11) is 0. The van der Waals surface area contributed by atoms with Gasteiger partial charge < -0.3 is 10.2 Å². The standard InChI is InChI=1S/C15H21N5/c1-2-10-20(9-1)14-5-3-13(4-6-14)11-16-8-7-15-17-12-18-19-15/h3-6,12,16H,1-2,7-11H2,(H,17,18,19). The monoisotopic (exact) mass is 271 g/mol. The molecule has 0 atom stereocenters. The van der Waals surface area contributed by atoms with Crippen LogP contribution in [0.15, 0.2) is 30.6 Å². The summed E-state index contributed by atoms with van der Waals surface area (Å²) in [5.41, 5.74) is 2.68. The molecule has 2 heterocycles. The lowest BCUT2D eigenvalue weighted by Gasteiger charge is -2.17. The van der Waals surface area contributed by atoms with E-state index in [0.717, 1.165) is 25.3 Å². The molecule has 5 nitrogen and oxygen atoms in total. The molecule has 0 saturated carbocycles. The van der Waals surface area contributed by atoms with Crippen LogP contribution in [0.25, 0.3) is 0 Å². The van der Waals surface area contributed by atoms with E-state index in [1.807, 2.05) is 0 Å². The van der Waals surface area contributed by atoms with Crippen LogP contribution in [0.3, 0.4) is 0 Å². The molecule has 0 spiro atoms. The maximum absolute atomic E-state index is 4.10. The summed E-state index contributed by atoms with van der Waals surface area (Å²) in [5.74, 6) is 0.932. The highest BCUT2D eigenvalue weighted by Crippen LogP contribution is 2.20. The van der Waals surface area contributed by atoms with Crippen LogP contribution in [0.1, 0.15) is 24.2 Å². The molecule has 0 bridgehead atoms. The van der Waals surface area contributed by atoms with Gasteiger partial charge in [-0.3, -0.25) is 5.10 Å². The van der Waals surface area contributed by atoms with Crippen molar-refractivity contribution in [3.63, 3.8) is 0 Å². The lowest BCUT2D eigenvalue weighted by atomic mass is 10.2. The van der Waals surface area contributed by atoms with Crippen molar-refractivity contribution in [1.29, 1.82) is 0 Å². The van der Waals surface area contributed by atoms with Crippen molar-refractivity contribution < 1.29 is 0 Å². The number of benzene rings is 1. The number of rotatable bonds is 6. The summed E-state index contributed by atoms with van der Waals surface area (Å²) < 4.78 is 0. The Bertz CT molecular complexity index is 500. The number of hydrogen-bond donors (Lipinski definition) is 2. The van der Waals surface area contributed by atoms with Gasteiger partial charge in [-0.15, -0.1) is 0 Å². The Morgan fingerprint density at radius 1 is 1.15 bits per heavy atom. The number of nitrogens with one attached hydrogen (secondary N) is 2. The maximum atomic E-state index is 4.10. The largest absolute Gasteiger partial charge is 0.372 e. The van der Waals surface area contributed by atoms with Crippen molar-refractivity contribution in [2.24, 2.45) is 0 Å². The zero-order valence-electron chi connectivity index (χ0n) is 11.7. The third kappa shape index (κ3) is 3.36. The van der Waals surface area contributed by atoms with Gasteiger partial charge in [-0.05, 0) is 30.5 Å². The van der Waals surface area contributed by atoms with Gasteiger partial charge in [-0.1, -0.05) is 12.1 Å². The Morgan fingerprint density at radius 2 is 1.95 bits per heavy atom. The van der Waals surface area contributed by atoms with Crippen molar-refractivity contribution in [3.05, 3.63) is 42.0 Å². The molecule has 0 unspecified atom stereocenters. The molecule has 2 N–H and O–H groups in total. The zero-order chi connectivity index (χ0) is 13.6. The number of nitrogens with zero attached hydrogens (tertiary/aromatic N) is 3. The average molecular weight is 271 g/mol. The number of H-pyrrole nitrogens is 1. The van der Waals surface area contributed by atoms with Gasteiger partial charge >= 0.3 is 0 Å². The van der Waals surface area contributed by atoms with Crippen molar-refractivity contribution in [2.75, 3.05) is 24.5 Å². The number of aromatic amines is 1. The third-order valence-corrected chi connectivity index (χ3v) is 3.74. The van der Waals surface area contributed by atoms with Crippen molar-refractivity contribution in [1.82, 2.24) is 20.5 Å². The molecule has 0 radical (unpaired) electrons. The molecular weight excluding hydrogens is 250 g/mol. The Morgan fingerprint density at radius 3 is 2.65 bits per heavy atom. The molecule has 1 aliphatic rings. The lowest BCUT2D eigenvalue weighted by Crippen LogP contribution is -2.18.